The molecule has 0 amide bonds. The van der Waals surface area contributed by atoms with Gasteiger partial charge in [0.25, 0.3) is 0 Å². The minimum Gasteiger partial charge on any atom is -0.290 e. The molecule has 0 heterocycles. The van der Waals surface area contributed by atoms with E-state index < -0.39 is 9.53 Å². The van der Waals surface area contributed by atoms with Gasteiger partial charge < -0.3 is 0 Å². The fourth-order valence-corrected chi connectivity index (χ4v) is 1.92. The van der Waals surface area contributed by atoms with Crippen LogP contribution in [0.2, 0.25) is 0 Å². The third-order valence-electron chi connectivity index (χ3n) is 1.34. The van der Waals surface area contributed by atoms with Crippen LogP contribution in [-0.4, -0.2) is 20.3 Å². The van der Waals surface area contributed by atoms with Gasteiger partial charge in [0.05, 0.1) is 5.25 Å². The first kappa shape index (κ1) is 6.19. The Morgan fingerprint density at radius 3 is 2.12 bits per heavy atom. The Labute approximate surface area is 48.6 Å². The first-order valence-electron chi connectivity index (χ1n) is 2.55. The molecule has 0 atom stereocenters. The van der Waals surface area contributed by atoms with E-state index in [1.807, 2.05) is 0 Å². The molecule has 1 aliphatic rings. The fourth-order valence-electron chi connectivity index (χ4n) is 0.641. The molecule has 0 aliphatic heterocycles. The standard InChI is InChI=1S/C4H11NO2S/c1-8(5,6,7)4-2-3-4/h4H,2-3H2,1H3,(H3,5,6,7). The van der Waals surface area contributed by atoms with Crippen LogP contribution < -0.4 is 5.14 Å². The lowest BCUT2D eigenvalue weighted by atomic mass is 11.0. The lowest BCUT2D eigenvalue weighted by Gasteiger charge is -2.33. The van der Waals surface area contributed by atoms with Crippen LogP contribution >= 0.6 is 0 Å². The van der Waals surface area contributed by atoms with Gasteiger partial charge in [0.1, 0.15) is 0 Å². The summed E-state index contributed by atoms with van der Waals surface area (Å²) in [6.45, 7) is 0. The van der Waals surface area contributed by atoms with Crippen molar-refractivity contribution in [1.82, 2.24) is 0 Å². The second-order valence-electron chi connectivity index (χ2n) is 2.63. The highest BCUT2D eigenvalue weighted by atomic mass is 32.3. The zero-order valence-electron chi connectivity index (χ0n) is 4.83. The molecule has 0 radical (unpaired) electrons. The van der Waals surface area contributed by atoms with Gasteiger partial charge in [0.15, 0.2) is 0 Å². The summed E-state index contributed by atoms with van der Waals surface area (Å²) in [6, 6.07) is 0. The van der Waals surface area contributed by atoms with Crippen molar-refractivity contribution < 1.29 is 8.76 Å². The largest absolute Gasteiger partial charge is 0.290 e. The van der Waals surface area contributed by atoms with Crippen molar-refractivity contribution in [3.63, 3.8) is 0 Å². The number of hydrogen-bond donors (Lipinski definition) is 2. The van der Waals surface area contributed by atoms with Crippen molar-refractivity contribution in [3.8, 4) is 0 Å². The summed E-state index contributed by atoms with van der Waals surface area (Å²) in [4.78, 5) is 0. The SMILES string of the molecule is CS(N)(=O)(O)C1CC1. The molecule has 1 saturated carbocycles. The van der Waals surface area contributed by atoms with E-state index >= 15 is 0 Å². The summed E-state index contributed by atoms with van der Waals surface area (Å²) < 4.78 is 19.8. The van der Waals surface area contributed by atoms with Gasteiger partial charge in [-0.05, 0) is 12.8 Å². The lowest BCUT2D eigenvalue weighted by Crippen LogP contribution is -2.44. The third kappa shape index (κ3) is 1.27. The fraction of sp³-hybridized carbons (Fsp3) is 1.00. The number of hydrogen-bond acceptors (Lipinski definition) is 1. The van der Waals surface area contributed by atoms with Crippen molar-refractivity contribution in [1.29, 1.82) is 0 Å². The molecule has 0 saturated heterocycles. The molecule has 0 bridgehead atoms. The normalized spacial score (nSPS) is 26.6. The average Bonchev–Trinajstić information content (AvgIpc) is 1.93. The topological polar surface area (TPSA) is 63.3 Å². The highest BCUT2D eigenvalue weighted by molar-refractivity contribution is 8.13. The monoisotopic (exact) mass is 137 g/mol. The van der Waals surface area contributed by atoms with Crippen molar-refractivity contribution in [3.05, 3.63) is 0 Å². The summed E-state index contributed by atoms with van der Waals surface area (Å²) >= 11 is 0. The molecule has 50 valence electrons. The molecule has 0 aromatic heterocycles. The molecule has 3 N–H and O–H groups in total. The van der Waals surface area contributed by atoms with E-state index in [1.165, 1.54) is 6.26 Å². The second kappa shape index (κ2) is 1.15. The quantitative estimate of drug-likeness (QED) is 0.532. The second-order valence-corrected chi connectivity index (χ2v) is 6.17. The Bertz CT molecular complexity index is 156. The van der Waals surface area contributed by atoms with Crippen LogP contribution in [0, 0.1) is 0 Å². The predicted octanol–water partition coefficient (Wildman–Crippen LogP) is -0.0546. The van der Waals surface area contributed by atoms with Crippen molar-refractivity contribution in [2.24, 2.45) is 5.14 Å². The molecule has 0 spiro atoms. The van der Waals surface area contributed by atoms with Crippen molar-refractivity contribution in [2.75, 3.05) is 6.26 Å². The van der Waals surface area contributed by atoms with Gasteiger partial charge in [-0.15, -0.1) is 9.53 Å². The zero-order valence-corrected chi connectivity index (χ0v) is 5.65. The summed E-state index contributed by atoms with van der Waals surface area (Å²) in [5.41, 5.74) is 0. The van der Waals surface area contributed by atoms with Gasteiger partial charge in [-0.2, -0.15) is 4.21 Å². The molecule has 0 unspecified atom stereocenters. The minimum atomic E-state index is -3.60. The number of nitrogens with two attached hydrogens (primary N) is 1. The first-order valence-corrected chi connectivity index (χ1v) is 5.00. The molecule has 3 nitrogen and oxygen atoms in total. The summed E-state index contributed by atoms with van der Waals surface area (Å²) in [5, 5.41) is 4.97. The minimum absolute atomic E-state index is 0.119. The molecule has 1 aliphatic carbocycles. The van der Waals surface area contributed by atoms with E-state index in [2.05, 4.69) is 0 Å². The van der Waals surface area contributed by atoms with Crippen LogP contribution in [0.5, 0.6) is 0 Å². The Morgan fingerprint density at radius 1 is 1.75 bits per heavy atom. The molecule has 1 rings (SSSR count). The molecule has 4 heteroatoms. The highest BCUT2D eigenvalue weighted by Crippen LogP contribution is 2.36. The van der Waals surface area contributed by atoms with Gasteiger partial charge in [0, 0.05) is 6.26 Å². The van der Waals surface area contributed by atoms with Crippen LogP contribution in [-0.2, 0) is 9.53 Å². The lowest BCUT2D eigenvalue weighted by molar-refractivity contribution is 0.519. The first-order chi connectivity index (χ1) is 3.36. The Kier molecular flexibility index (Phi) is 0.888. The van der Waals surface area contributed by atoms with Crippen molar-refractivity contribution in [2.45, 2.75) is 18.1 Å². The van der Waals surface area contributed by atoms with Gasteiger partial charge in [-0.25, -0.2) is 5.14 Å². The van der Waals surface area contributed by atoms with E-state index in [0.29, 0.717) is 0 Å². The van der Waals surface area contributed by atoms with Gasteiger partial charge in [0.2, 0.25) is 0 Å². The molecule has 1 fully saturated rings. The zero-order chi connectivity index (χ0) is 6.44. The van der Waals surface area contributed by atoms with Crippen LogP contribution in [0.15, 0.2) is 0 Å². The van der Waals surface area contributed by atoms with Crippen LogP contribution in [0.25, 0.3) is 0 Å². The molecular formula is C4H11NO2S. The highest BCUT2D eigenvalue weighted by Gasteiger charge is 2.37. The van der Waals surface area contributed by atoms with E-state index in [-0.39, 0.29) is 5.25 Å². The Balaban J connectivity index is 2.79. The van der Waals surface area contributed by atoms with E-state index in [4.69, 9.17) is 9.69 Å². The maximum absolute atomic E-state index is 10.9. The summed E-state index contributed by atoms with van der Waals surface area (Å²) in [6.07, 6.45) is 2.86. The maximum Gasteiger partial charge on any atom is 0.0584 e. The van der Waals surface area contributed by atoms with E-state index in [0.717, 1.165) is 12.8 Å². The Morgan fingerprint density at radius 2 is 2.12 bits per heavy atom. The molecular weight excluding hydrogens is 126 g/mol. The average molecular weight is 137 g/mol. The van der Waals surface area contributed by atoms with Crippen molar-refractivity contribution >= 4 is 9.53 Å². The summed E-state index contributed by atoms with van der Waals surface area (Å²) in [5.74, 6) is 0. The smallest absolute Gasteiger partial charge is 0.0584 e. The molecule has 8 heavy (non-hydrogen) atoms. The number of rotatable bonds is 1. The van der Waals surface area contributed by atoms with Crippen LogP contribution in [0.1, 0.15) is 12.8 Å². The van der Waals surface area contributed by atoms with Gasteiger partial charge >= 0.3 is 0 Å². The van der Waals surface area contributed by atoms with Crippen LogP contribution in [0.3, 0.4) is 0 Å². The van der Waals surface area contributed by atoms with Gasteiger partial charge in [-0.1, -0.05) is 0 Å². The van der Waals surface area contributed by atoms with E-state index in [1.54, 1.807) is 0 Å². The summed E-state index contributed by atoms with van der Waals surface area (Å²) in [7, 11) is -3.60. The molecule has 0 aromatic rings. The Hall–Kier alpha value is 0.0700. The predicted molar refractivity (Wildman–Crippen MR) is 33.9 cm³/mol. The maximum atomic E-state index is 10.9. The third-order valence-corrected chi connectivity index (χ3v) is 3.43. The van der Waals surface area contributed by atoms with Gasteiger partial charge in [-0.3, -0.25) is 4.55 Å². The van der Waals surface area contributed by atoms with Crippen LogP contribution in [0.4, 0.5) is 0 Å². The molecule has 0 aromatic carbocycles. The van der Waals surface area contributed by atoms with E-state index in [9.17, 15) is 4.21 Å².